The number of nitrogens with one attached hydrogen (secondary N) is 1. The average molecular weight is 344 g/mol. The summed E-state index contributed by atoms with van der Waals surface area (Å²) in [6, 6.07) is 14.5. The monoisotopic (exact) mass is 343 g/mol. The summed E-state index contributed by atoms with van der Waals surface area (Å²) in [5, 5.41) is 3.17. The lowest BCUT2D eigenvalue weighted by atomic mass is 10.1. The summed E-state index contributed by atoms with van der Waals surface area (Å²) in [6.07, 6.45) is 3.62. The zero-order valence-electron chi connectivity index (χ0n) is 11.8. The number of nitrogens with zero attached hydrogens (tertiary/aromatic N) is 1. The average Bonchev–Trinajstić information content (AvgIpc) is 2.94. The quantitative estimate of drug-likeness (QED) is 0.656. The van der Waals surface area contributed by atoms with E-state index in [9.17, 15) is 0 Å². The summed E-state index contributed by atoms with van der Waals surface area (Å²) in [5.41, 5.74) is 11.0. The van der Waals surface area contributed by atoms with Crippen molar-refractivity contribution < 1.29 is 0 Å². The standard InChI is InChI=1S/C17H18BrN3/c18-16-7-2-1-4-14(16)11-20-17(19)21-15-9-8-12-5-3-6-13(12)10-15/h1-2,4,7-10H,3,5-6,11H2,(H3,19,20,21). The maximum absolute atomic E-state index is 5.97. The Morgan fingerprint density at radius 2 is 1.95 bits per heavy atom. The number of nitrogens with two attached hydrogens (primary N) is 1. The molecule has 3 rings (SSSR count). The van der Waals surface area contributed by atoms with Gasteiger partial charge in [0.1, 0.15) is 0 Å². The molecule has 2 aromatic rings. The Labute approximate surface area is 133 Å². The Kier molecular flexibility index (Phi) is 4.25. The van der Waals surface area contributed by atoms with Crippen molar-refractivity contribution in [2.45, 2.75) is 25.8 Å². The first-order valence-corrected chi connectivity index (χ1v) is 7.94. The van der Waals surface area contributed by atoms with Crippen molar-refractivity contribution in [2.24, 2.45) is 10.7 Å². The number of guanidine groups is 1. The number of aliphatic imine (C=N–C) groups is 1. The highest BCUT2D eigenvalue weighted by molar-refractivity contribution is 9.10. The lowest BCUT2D eigenvalue weighted by Crippen LogP contribution is -2.22. The molecule has 0 amide bonds. The van der Waals surface area contributed by atoms with Crippen molar-refractivity contribution in [2.75, 3.05) is 5.32 Å². The van der Waals surface area contributed by atoms with E-state index in [4.69, 9.17) is 5.73 Å². The number of benzene rings is 2. The fourth-order valence-electron chi connectivity index (χ4n) is 2.63. The van der Waals surface area contributed by atoms with Crippen molar-refractivity contribution in [3.8, 4) is 0 Å². The van der Waals surface area contributed by atoms with Gasteiger partial charge < -0.3 is 11.1 Å². The van der Waals surface area contributed by atoms with Crippen LogP contribution < -0.4 is 11.1 Å². The molecular weight excluding hydrogens is 326 g/mol. The molecule has 3 N–H and O–H groups in total. The topological polar surface area (TPSA) is 50.4 Å². The lowest BCUT2D eigenvalue weighted by molar-refractivity contribution is 0.912. The van der Waals surface area contributed by atoms with Gasteiger partial charge in [-0.1, -0.05) is 40.2 Å². The molecule has 0 saturated carbocycles. The van der Waals surface area contributed by atoms with Crippen molar-refractivity contribution in [3.63, 3.8) is 0 Å². The number of anilines is 1. The summed E-state index contributed by atoms with van der Waals surface area (Å²) in [7, 11) is 0. The Morgan fingerprint density at radius 1 is 1.14 bits per heavy atom. The normalized spacial score (nSPS) is 14.0. The predicted octanol–water partition coefficient (Wildman–Crippen LogP) is 3.86. The maximum atomic E-state index is 5.97. The third-order valence-corrected chi connectivity index (χ3v) is 4.52. The van der Waals surface area contributed by atoms with Crippen molar-refractivity contribution >= 4 is 27.6 Å². The largest absolute Gasteiger partial charge is 0.370 e. The van der Waals surface area contributed by atoms with Crippen LogP contribution >= 0.6 is 15.9 Å². The Bertz CT molecular complexity index is 679. The van der Waals surface area contributed by atoms with Crippen LogP contribution in [0.4, 0.5) is 5.69 Å². The fraction of sp³-hybridized carbons (Fsp3) is 0.235. The molecule has 3 nitrogen and oxygen atoms in total. The zero-order chi connectivity index (χ0) is 14.7. The second-order valence-electron chi connectivity index (χ2n) is 5.25. The van der Waals surface area contributed by atoms with Crippen molar-refractivity contribution in [3.05, 3.63) is 63.6 Å². The molecule has 0 saturated heterocycles. The van der Waals surface area contributed by atoms with E-state index in [0.29, 0.717) is 12.5 Å². The van der Waals surface area contributed by atoms with E-state index in [1.165, 1.54) is 30.4 Å². The van der Waals surface area contributed by atoms with E-state index in [-0.39, 0.29) is 0 Å². The third-order valence-electron chi connectivity index (χ3n) is 3.75. The van der Waals surface area contributed by atoms with E-state index < -0.39 is 0 Å². The van der Waals surface area contributed by atoms with Gasteiger partial charge in [-0.15, -0.1) is 0 Å². The number of aryl methyl sites for hydroxylation is 2. The molecule has 1 aliphatic rings. The molecule has 0 aromatic heterocycles. The number of hydrogen-bond donors (Lipinski definition) is 2. The third kappa shape index (κ3) is 3.45. The van der Waals surface area contributed by atoms with Crippen LogP contribution in [0.25, 0.3) is 0 Å². The van der Waals surface area contributed by atoms with Gasteiger partial charge in [0.15, 0.2) is 5.96 Å². The fourth-order valence-corrected chi connectivity index (χ4v) is 3.04. The molecule has 0 atom stereocenters. The molecule has 21 heavy (non-hydrogen) atoms. The molecular formula is C17H18BrN3. The van der Waals surface area contributed by atoms with Crippen molar-refractivity contribution in [1.82, 2.24) is 0 Å². The second kappa shape index (κ2) is 6.31. The molecule has 0 aliphatic heterocycles. The summed E-state index contributed by atoms with van der Waals surface area (Å²) in [4.78, 5) is 4.40. The minimum absolute atomic E-state index is 0.448. The van der Waals surface area contributed by atoms with Gasteiger partial charge in [-0.2, -0.15) is 0 Å². The highest BCUT2D eigenvalue weighted by Crippen LogP contribution is 2.24. The molecule has 2 aromatic carbocycles. The van der Waals surface area contributed by atoms with Crippen LogP contribution in [-0.2, 0) is 19.4 Å². The highest BCUT2D eigenvalue weighted by Gasteiger charge is 2.10. The van der Waals surface area contributed by atoms with Crippen LogP contribution in [0.15, 0.2) is 51.9 Å². The molecule has 0 radical (unpaired) electrons. The molecule has 108 valence electrons. The molecule has 1 aliphatic carbocycles. The van der Waals surface area contributed by atoms with Crippen LogP contribution in [0.1, 0.15) is 23.1 Å². The van der Waals surface area contributed by atoms with Crippen LogP contribution in [0.2, 0.25) is 0 Å². The Hall–Kier alpha value is -1.81. The molecule has 0 heterocycles. The van der Waals surface area contributed by atoms with Crippen LogP contribution in [0, 0.1) is 0 Å². The number of rotatable bonds is 3. The zero-order valence-corrected chi connectivity index (χ0v) is 13.4. The molecule has 0 bridgehead atoms. The number of fused-ring (bicyclic) bond motifs is 1. The Balaban J connectivity index is 1.67. The number of hydrogen-bond acceptors (Lipinski definition) is 1. The van der Waals surface area contributed by atoms with Gasteiger partial charge in [-0.05, 0) is 54.2 Å². The minimum atomic E-state index is 0.448. The van der Waals surface area contributed by atoms with Crippen molar-refractivity contribution in [1.29, 1.82) is 0 Å². The van der Waals surface area contributed by atoms with E-state index >= 15 is 0 Å². The maximum Gasteiger partial charge on any atom is 0.193 e. The van der Waals surface area contributed by atoms with Gasteiger partial charge in [0.2, 0.25) is 0 Å². The van der Waals surface area contributed by atoms with E-state index in [1.807, 2.05) is 24.3 Å². The van der Waals surface area contributed by atoms with Gasteiger partial charge in [0.05, 0.1) is 6.54 Å². The van der Waals surface area contributed by atoms with Gasteiger partial charge in [0.25, 0.3) is 0 Å². The second-order valence-corrected chi connectivity index (χ2v) is 6.11. The molecule has 0 spiro atoms. The van der Waals surface area contributed by atoms with E-state index in [0.717, 1.165) is 15.7 Å². The summed E-state index contributed by atoms with van der Waals surface area (Å²) in [5.74, 6) is 0.448. The van der Waals surface area contributed by atoms with Crippen LogP contribution in [0.3, 0.4) is 0 Å². The summed E-state index contributed by atoms with van der Waals surface area (Å²) >= 11 is 3.52. The lowest BCUT2D eigenvalue weighted by Gasteiger charge is -2.08. The smallest absolute Gasteiger partial charge is 0.193 e. The van der Waals surface area contributed by atoms with Crippen LogP contribution in [0.5, 0.6) is 0 Å². The molecule has 4 heteroatoms. The first-order chi connectivity index (χ1) is 10.2. The highest BCUT2D eigenvalue weighted by atomic mass is 79.9. The first-order valence-electron chi connectivity index (χ1n) is 7.14. The number of halogens is 1. The van der Waals surface area contributed by atoms with Gasteiger partial charge in [-0.25, -0.2) is 4.99 Å². The Morgan fingerprint density at radius 3 is 2.81 bits per heavy atom. The first kappa shape index (κ1) is 14.1. The van der Waals surface area contributed by atoms with Gasteiger partial charge in [0, 0.05) is 10.2 Å². The van der Waals surface area contributed by atoms with Crippen LogP contribution in [-0.4, -0.2) is 5.96 Å². The van der Waals surface area contributed by atoms with E-state index in [2.05, 4.69) is 44.4 Å². The SMILES string of the molecule is NC(=NCc1ccccc1Br)Nc1ccc2c(c1)CCC2. The van der Waals surface area contributed by atoms with Gasteiger partial charge >= 0.3 is 0 Å². The van der Waals surface area contributed by atoms with Gasteiger partial charge in [-0.3, -0.25) is 0 Å². The summed E-state index contributed by atoms with van der Waals surface area (Å²) < 4.78 is 1.05. The molecule has 0 fully saturated rings. The van der Waals surface area contributed by atoms with E-state index in [1.54, 1.807) is 0 Å². The molecule has 0 unspecified atom stereocenters. The minimum Gasteiger partial charge on any atom is -0.370 e. The predicted molar refractivity (Wildman–Crippen MR) is 91.6 cm³/mol. The summed E-state index contributed by atoms with van der Waals surface area (Å²) in [6.45, 7) is 0.561.